The molecule has 0 radical (unpaired) electrons. The average molecular weight is 351 g/mol. The van der Waals surface area contributed by atoms with Gasteiger partial charge in [-0.05, 0) is 55.2 Å². The number of carboxylic acids is 1. The van der Waals surface area contributed by atoms with Crippen molar-refractivity contribution < 1.29 is 23.1 Å². The summed E-state index contributed by atoms with van der Waals surface area (Å²) in [5.41, 5.74) is 1.46. The lowest BCUT2D eigenvalue weighted by Crippen LogP contribution is -2.26. The van der Waals surface area contributed by atoms with Crippen LogP contribution in [0, 0.1) is 0 Å². The van der Waals surface area contributed by atoms with E-state index in [2.05, 4.69) is 5.32 Å². The van der Waals surface area contributed by atoms with Crippen LogP contribution in [-0.2, 0) is 19.1 Å². The molecule has 3 nitrogen and oxygen atoms in total. The monoisotopic (exact) mass is 351 g/mol. The molecule has 2 N–H and O–H groups in total. The van der Waals surface area contributed by atoms with Gasteiger partial charge in [0.2, 0.25) is 0 Å². The second kappa shape index (κ2) is 8.16. The van der Waals surface area contributed by atoms with Gasteiger partial charge in [0.25, 0.3) is 0 Å². The summed E-state index contributed by atoms with van der Waals surface area (Å²) >= 11 is 0. The molecule has 2 aromatic rings. The standard InChI is InChI=1S/C19H20F3NO2/c1-13(23-12-15-4-8-16(9-5-15)18(24)25)2-3-14-6-10-17(11-7-14)19(20,21)22/h4-11,13,23H,2-3,12H2,1H3,(H,24,25). The van der Waals surface area contributed by atoms with Crippen LogP contribution in [-0.4, -0.2) is 17.1 Å². The molecule has 0 bridgehead atoms. The molecular formula is C19H20F3NO2. The highest BCUT2D eigenvalue weighted by molar-refractivity contribution is 5.87. The van der Waals surface area contributed by atoms with Gasteiger partial charge in [-0.1, -0.05) is 24.3 Å². The molecule has 0 amide bonds. The number of aryl methyl sites for hydroxylation is 1. The minimum atomic E-state index is -4.30. The lowest BCUT2D eigenvalue weighted by molar-refractivity contribution is -0.137. The second-order valence-electron chi connectivity index (χ2n) is 6.02. The van der Waals surface area contributed by atoms with Gasteiger partial charge in [0.05, 0.1) is 11.1 Å². The molecule has 0 aliphatic carbocycles. The van der Waals surface area contributed by atoms with Crippen LogP contribution in [0.3, 0.4) is 0 Å². The van der Waals surface area contributed by atoms with Crippen LogP contribution in [0.15, 0.2) is 48.5 Å². The van der Waals surface area contributed by atoms with Crippen molar-refractivity contribution in [3.05, 3.63) is 70.8 Å². The van der Waals surface area contributed by atoms with Gasteiger partial charge >= 0.3 is 12.1 Å². The summed E-state index contributed by atoms with van der Waals surface area (Å²) in [7, 11) is 0. The summed E-state index contributed by atoms with van der Waals surface area (Å²) in [6, 6.07) is 12.1. The fourth-order valence-electron chi connectivity index (χ4n) is 2.40. The van der Waals surface area contributed by atoms with E-state index in [-0.39, 0.29) is 11.6 Å². The van der Waals surface area contributed by atoms with E-state index >= 15 is 0 Å². The Kier molecular flexibility index (Phi) is 6.20. The molecule has 2 aromatic carbocycles. The van der Waals surface area contributed by atoms with Crippen molar-refractivity contribution in [2.24, 2.45) is 0 Å². The van der Waals surface area contributed by atoms with E-state index in [0.29, 0.717) is 13.0 Å². The average Bonchev–Trinajstić information content (AvgIpc) is 2.58. The Morgan fingerprint density at radius 1 is 1.04 bits per heavy atom. The summed E-state index contributed by atoms with van der Waals surface area (Å²) in [5, 5.41) is 12.2. The molecule has 0 aromatic heterocycles. The Morgan fingerprint density at radius 2 is 1.60 bits per heavy atom. The maximum atomic E-state index is 12.5. The summed E-state index contributed by atoms with van der Waals surface area (Å²) in [6.07, 6.45) is -2.83. The van der Waals surface area contributed by atoms with Crippen molar-refractivity contribution >= 4 is 5.97 Å². The largest absolute Gasteiger partial charge is 0.478 e. The lowest BCUT2D eigenvalue weighted by Gasteiger charge is -2.14. The summed E-state index contributed by atoms with van der Waals surface area (Å²) in [6.45, 7) is 2.61. The summed E-state index contributed by atoms with van der Waals surface area (Å²) in [5.74, 6) is -0.954. The molecular weight excluding hydrogens is 331 g/mol. The molecule has 1 atom stereocenters. The number of nitrogens with one attached hydrogen (secondary N) is 1. The Bertz CT molecular complexity index is 694. The number of alkyl halides is 3. The number of carbonyl (C=O) groups is 1. The topological polar surface area (TPSA) is 49.3 Å². The molecule has 0 saturated carbocycles. The highest BCUT2D eigenvalue weighted by atomic mass is 19.4. The zero-order valence-corrected chi connectivity index (χ0v) is 13.8. The van der Waals surface area contributed by atoms with E-state index in [1.165, 1.54) is 12.1 Å². The highest BCUT2D eigenvalue weighted by Gasteiger charge is 2.29. The van der Waals surface area contributed by atoms with Gasteiger partial charge in [0.1, 0.15) is 0 Å². The van der Waals surface area contributed by atoms with E-state index in [1.54, 1.807) is 24.3 Å². The predicted molar refractivity (Wildman–Crippen MR) is 89.5 cm³/mol. The van der Waals surface area contributed by atoms with Crippen LogP contribution in [0.5, 0.6) is 0 Å². The van der Waals surface area contributed by atoms with Crippen LogP contribution in [0.25, 0.3) is 0 Å². The summed E-state index contributed by atoms with van der Waals surface area (Å²) < 4.78 is 37.6. The zero-order chi connectivity index (χ0) is 18.4. The van der Waals surface area contributed by atoms with Crippen LogP contribution >= 0.6 is 0 Å². The minimum absolute atomic E-state index is 0.182. The second-order valence-corrected chi connectivity index (χ2v) is 6.02. The summed E-state index contributed by atoms with van der Waals surface area (Å²) in [4.78, 5) is 10.8. The van der Waals surface area contributed by atoms with E-state index in [4.69, 9.17) is 5.11 Å². The molecule has 0 spiro atoms. The first kappa shape index (κ1) is 19.0. The third kappa shape index (κ3) is 5.90. The number of carboxylic acid groups (broad SMARTS) is 1. The normalized spacial score (nSPS) is 12.8. The minimum Gasteiger partial charge on any atom is -0.478 e. The molecule has 0 aliphatic rings. The Hall–Kier alpha value is -2.34. The third-order valence-electron chi connectivity index (χ3n) is 4.00. The molecule has 0 saturated heterocycles. The maximum Gasteiger partial charge on any atom is 0.416 e. The van der Waals surface area contributed by atoms with Crippen LogP contribution in [0.2, 0.25) is 0 Å². The van der Waals surface area contributed by atoms with Crippen molar-refractivity contribution in [2.45, 2.75) is 38.5 Å². The van der Waals surface area contributed by atoms with Gasteiger partial charge in [0, 0.05) is 12.6 Å². The fraction of sp³-hybridized carbons (Fsp3) is 0.316. The molecule has 0 aliphatic heterocycles. The first-order valence-electron chi connectivity index (χ1n) is 7.97. The van der Waals surface area contributed by atoms with E-state index < -0.39 is 17.7 Å². The van der Waals surface area contributed by atoms with E-state index in [0.717, 1.165) is 29.7 Å². The molecule has 0 fully saturated rings. The Balaban J connectivity index is 1.78. The SMILES string of the molecule is CC(CCc1ccc(C(F)(F)F)cc1)NCc1ccc(C(=O)O)cc1. The molecule has 6 heteroatoms. The van der Waals surface area contributed by atoms with Crippen molar-refractivity contribution in [1.29, 1.82) is 0 Å². The fourth-order valence-corrected chi connectivity index (χ4v) is 2.40. The van der Waals surface area contributed by atoms with E-state index in [9.17, 15) is 18.0 Å². The molecule has 2 rings (SSSR count). The molecule has 25 heavy (non-hydrogen) atoms. The van der Waals surface area contributed by atoms with Crippen LogP contribution in [0.4, 0.5) is 13.2 Å². The third-order valence-corrected chi connectivity index (χ3v) is 4.00. The zero-order valence-electron chi connectivity index (χ0n) is 13.8. The number of aromatic carboxylic acids is 1. The van der Waals surface area contributed by atoms with Crippen molar-refractivity contribution in [2.75, 3.05) is 0 Å². The highest BCUT2D eigenvalue weighted by Crippen LogP contribution is 2.29. The first-order chi connectivity index (χ1) is 11.8. The molecule has 1 unspecified atom stereocenters. The number of hydrogen-bond acceptors (Lipinski definition) is 2. The Morgan fingerprint density at radius 3 is 2.12 bits per heavy atom. The van der Waals surface area contributed by atoms with Crippen molar-refractivity contribution in [3.63, 3.8) is 0 Å². The lowest BCUT2D eigenvalue weighted by atomic mass is 10.0. The van der Waals surface area contributed by atoms with Gasteiger partial charge in [0.15, 0.2) is 0 Å². The van der Waals surface area contributed by atoms with Gasteiger partial charge in [-0.15, -0.1) is 0 Å². The van der Waals surface area contributed by atoms with Crippen molar-refractivity contribution in [1.82, 2.24) is 5.32 Å². The smallest absolute Gasteiger partial charge is 0.416 e. The number of hydrogen-bond donors (Lipinski definition) is 2. The van der Waals surface area contributed by atoms with Gasteiger partial charge in [-0.3, -0.25) is 0 Å². The van der Waals surface area contributed by atoms with Crippen LogP contribution in [0.1, 0.15) is 40.4 Å². The number of benzene rings is 2. The van der Waals surface area contributed by atoms with E-state index in [1.807, 2.05) is 6.92 Å². The predicted octanol–water partition coefficient (Wildman–Crippen LogP) is 4.51. The molecule has 134 valence electrons. The van der Waals surface area contributed by atoms with Gasteiger partial charge < -0.3 is 10.4 Å². The molecule has 0 heterocycles. The maximum absolute atomic E-state index is 12.5. The number of halogens is 3. The van der Waals surface area contributed by atoms with Gasteiger partial charge in [-0.2, -0.15) is 13.2 Å². The van der Waals surface area contributed by atoms with Crippen molar-refractivity contribution in [3.8, 4) is 0 Å². The number of rotatable bonds is 7. The first-order valence-corrected chi connectivity index (χ1v) is 7.97. The van der Waals surface area contributed by atoms with Gasteiger partial charge in [-0.25, -0.2) is 4.79 Å². The van der Waals surface area contributed by atoms with Crippen LogP contribution < -0.4 is 5.32 Å². The quantitative estimate of drug-likeness (QED) is 0.771. The Labute approximate surface area is 144 Å².